The second kappa shape index (κ2) is 7.73. The first kappa shape index (κ1) is 19.6. The second-order valence-electron chi connectivity index (χ2n) is 7.28. The van der Waals surface area contributed by atoms with E-state index in [9.17, 15) is 4.79 Å². The van der Waals surface area contributed by atoms with Crippen LogP contribution in [0.15, 0.2) is 77.2 Å². The van der Waals surface area contributed by atoms with Crippen molar-refractivity contribution in [2.24, 2.45) is 0 Å². The van der Waals surface area contributed by atoms with Gasteiger partial charge in [-0.1, -0.05) is 53.5 Å². The number of carbonyl (C=O) groups excluding carboxylic acids is 1. The molecule has 0 radical (unpaired) electrons. The predicted molar refractivity (Wildman–Crippen MR) is 126 cm³/mol. The van der Waals surface area contributed by atoms with E-state index in [4.69, 9.17) is 27.6 Å². The predicted octanol–water partition coefficient (Wildman–Crippen LogP) is 7.52. The molecule has 0 aliphatic heterocycles. The molecule has 0 spiro atoms. The van der Waals surface area contributed by atoms with Gasteiger partial charge in [-0.2, -0.15) is 0 Å². The number of oxazole rings is 1. The number of aryl methyl sites for hydroxylation is 1. The standard InChI is InChI=1S/C25H16Cl2N2O2/c1-14-8-11-21-23(12-14)31-25(29-21)15-9-10-20(27)22(13-15)28-24(30)18-6-2-5-17-16(18)4-3-7-19(17)26/h2-13H,1H3,(H,28,30). The zero-order chi connectivity index (χ0) is 21.5. The molecule has 4 nitrogen and oxygen atoms in total. The monoisotopic (exact) mass is 446 g/mol. The average molecular weight is 447 g/mol. The van der Waals surface area contributed by atoms with E-state index in [0.717, 1.165) is 27.4 Å². The fraction of sp³-hybridized carbons (Fsp3) is 0.0400. The third-order valence-electron chi connectivity index (χ3n) is 5.12. The van der Waals surface area contributed by atoms with Gasteiger partial charge in [0.15, 0.2) is 5.58 Å². The van der Waals surface area contributed by atoms with Gasteiger partial charge in [0.1, 0.15) is 5.52 Å². The average Bonchev–Trinajstić information content (AvgIpc) is 3.18. The molecule has 0 atom stereocenters. The first-order valence-corrected chi connectivity index (χ1v) is 10.4. The number of hydrogen-bond acceptors (Lipinski definition) is 3. The third kappa shape index (κ3) is 3.65. The van der Waals surface area contributed by atoms with Crippen LogP contribution in [0.3, 0.4) is 0 Å². The van der Waals surface area contributed by atoms with Gasteiger partial charge in [0.25, 0.3) is 5.91 Å². The Kier molecular flexibility index (Phi) is 4.89. The molecular formula is C25H16Cl2N2O2. The van der Waals surface area contributed by atoms with Gasteiger partial charge in [-0.25, -0.2) is 4.98 Å². The fourth-order valence-corrected chi connectivity index (χ4v) is 3.97. The van der Waals surface area contributed by atoms with Gasteiger partial charge in [-0.05, 0) is 60.3 Å². The number of rotatable bonds is 3. The maximum atomic E-state index is 13.1. The van der Waals surface area contributed by atoms with Gasteiger partial charge in [0, 0.05) is 21.5 Å². The van der Waals surface area contributed by atoms with Crippen LogP contribution in [0, 0.1) is 6.92 Å². The third-order valence-corrected chi connectivity index (χ3v) is 5.78. The van der Waals surface area contributed by atoms with E-state index in [0.29, 0.717) is 32.8 Å². The summed E-state index contributed by atoms with van der Waals surface area (Å²) in [6, 6.07) is 22.1. The van der Waals surface area contributed by atoms with Crippen LogP contribution < -0.4 is 5.32 Å². The van der Waals surface area contributed by atoms with Crippen LogP contribution in [0.5, 0.6) is 0 Å². The van der Waals surface area contributed by atoms with Gasteiger partial charge >= 0.3 is 0 Å². The lowest BCUT2D eigenvalue weighted by Crippen LogP contribution is -2.12. The number of hydrogen-bond donors (Lipinski definition) is 1. The van der Waals surface area contributed by atoms with E-state index < -0.39 is 0 Å². The Balaban J connectivity index is 1.51. The Morgan fingerprint density at radius 1 is 0.903 bits per heavy atom. The molecule has 1 N–H and O–H groups in total. The largest absolute Gasteiger partial charge is 0.436 e. The SMILES string of the molecule is Cc1ccc2nc(-c3ccc(Cl)c(NC(=O)c4cccc5c(Cl)cccc45)c3)oc2c1. The summed E-state index contributed by atoms with van der Waals surface area (Å²) in [4.78, 5) is 17.6. The molecule has 0 fully saturated rings. The molecule has 5 aromatic rings. The number of nitrogens with one attached hydrogen (secondary N) is 1. The molecule has 0 saturated heterocycles. The van der Waals surface area contributed by atoms with Gasteiger partial charge in [-0.3, -0.25) is 4.79 Å². The molecule has 0 aliphatic rings. The quantitative estimate of drug-likeness (QED) is 0.311. The molecule has 0 saturated carbocycles. The van der Waals surface area contributed by atoms with Crippen molar-refractivity contribution in [1.29, 1.82) is 0 Å². The number of fused-ring (bicyclic) bond motifs is 2. The highest BCUT2D eigenvalue weighted by Crippen LogP contribution is 2.32. The van der Waals surface area contributed by atoms with Gasteiger partial charge < -0.3 is 9.73 Å². The number of benzene rings is 4. The lowest BCUT2D eigenvalue weighted by Gasteiger charge is -2.11. The van der Waals surface area contributed by atoms with Crippen molar-refractivity contribution in [3.63, 3.8) is 0 Å². The summed E-state index contributed by atoms with van der Waals surface area (Å²) in [7, 11) is 0. The minimum Gasteiger partial charge on any atom is -0.436 e. The maximum Gasteiger partial charge on any atom is 0.256 e. The van der Waals surface area contributed by atoms with E-state index in [1.165, 1.54) is 0 Å². The summed E-state index contributed by atoms with van der Waals surface area (Å²) in [5, 5.41) is 5.51. The molecule has 4 aromatic carbocycles. The van der Waals surface area contributed by atoms with Crippen molar-refractivity contribution in [3.8, 4) is 11.5 Å². The summed E-state index contributed by atoms with van der Waals surface area (Å²) < 4.78 is 5.91. The molecule has 152 valence electrons. The smallest absolute Gasteiger partial charge is 0.256 e. The van der Waals surface area contributed by atoms with E-state index in [2.05, 4.69) is 10.3 Å². The van der Waals surface area contributed by atoms with Crippen molar-refractivity contribution < 1.29 is 9.21 Å². The molecule has 0 unspecified atom stereocenters. The maximum absolute atomic E-state index is 13.1. The zero-order valence-electron chi connectivity index (χ0n) is 16.4. The Bertz CT molecular complexity index is 1470. The molecule has 31 heavy (non-hydrogen) atoms. The van der Waals surface area contributed by atoms with Crippen LogP contribution in [0.25, 0.3) is 33.3 Å². The molecule has 1 heterocycles. The van der Waals surface area contributed by atoms with Gasteiger partial charge in [0.05, 0.1) is 10.7 Å². The lowest BCUT2D eigenvalue weighted by atomic mass is 10.0. The molecule has 0 bridgehead atoms. The number of nitrogens with zero attached hydrogens (tertiary/aromatic N) is 1. The van der Waals surface area contributed by atoms with E-state index in [-0.39, 0.29) is 5.91 Å². The summed E-state index contributed by atoms with van der Waals surface area (Å²) >= 11 is 12.7. The Hall–Kier alpha value is -3.34. The van der Waals surface area contributed by atoms with E-state index >= 15 is 0 Å². The molecule has 1 amide bonds. The van der Waals surface area contributed by atoms with Gasteiger partial charge in [0.2, 0.25) is 5.89 Å². The van der Waals surface area contributed by atoms with Crippen LogP contribution >= 0.6 is 23.2 Å². The van der Waals surface area contributed by atoms with Crippen molar-refractivity contribution in [2.75, 3.05) is 5.32 Å². The Morgan fingerprint density at radius 2 is 1.71 bits per heavy atom. The molecular weight excluding hydrogens is 431 g/mol. The highest BCUT2D eigenvalue weighted by atomic mass is 35.5. The minimum absolute atomic E-state index is 0.278. The number of carbonyl (C=O) groups is 1. The number of halogens is 2. The Morgan fingerprint density at radius 3 is 2.58 bits per heavy atom. The van der Waals surface area contributed by atoms with Crippen LogP contribution in [-0.2, 0) is 0 Å². The summed E-state index contributed by atoms with van der Waals surface area (Å²) in [6.45, 7) is 2.00. The van der Waals surface area contributed by atoms with Crippen molar-refractivity contribution in [1.82, 2.24) is 4.98 Å². The fourth-order valence-electron chi connectivity index (χ4n) is 3.57. The number of anilines is 1. The van der Waals surface area contributed by atoms with Crippen molar-refractivity contribution in [2.45, 2.75) is 6.92 Å². The summed E-state index contributed by atoms with van der Waals surface area (Å²) in [5.74, 6) is 0.185. The lowest BCUT2D eigenvalue weighted by molar-refractivity contribution is 0.102. The van der Waals surface area contributed by atoms with Crippen molar-refractivity contribution >= 4 is 56.7 Å². The zero-order valence-corrected chi connectivity index (χ0v) is 18.0. The highest BCUT2D eigenvalue weighted by molar-refractivity contribution is 6.36. The first-order chi connectivity index (χ1) is 15.0. The van der Waals surface area contributed by atoms with E-state index in [1.807, 2.05) is 55.5 Å². The first-order valence-electron chi connectivity index (χ1n) is 9.65. The second-order valence-corrected chi connectivity index (χ2v) is 8.09. The molecule has 6 heteroatoms. The van der Waals surface area contributed by atoms with Crippen LogP contribution in [0.1, 0.15) is 15.9 Å². The molecule has 1 aromatic heterocycles. The van der Waals surface area contributed by atoms with Crippen LogP contribution in [0.2, 0.25) is 10.0 Å². The van der Waals surface area contributed by atoms with Gasteiger partial charge in [-0.15, -0.1) is 0 Å². The van der Waals surface area contributed by atoms with E-state index in [1.54, 1.807) is 24.3 Å². The number of amides is 1. The summed E-state index contributed by atoms with van der Waals surface area (Å²) in [6.07, 6.45) is 0. The summed E-state index contributed by atoms with van der Waals surface area (Å²) in [5.41, 5.74) is 4.28. The topological polar surface area (TPSA) is 55.1 Å². The highest BCUT2D eigenvalue weighted by Gasteiger charge is 2.15. The normalized spacial score (nSPS) is 11.2. The Labute approximate surface area is 188 Å². The molecule has 0 aliphatic carbocycles. The molecule has 5 rings (SSSR count). The van der Waals surface area contributed by atoms with Crippen LogP contribution in [0.4, 0.5) is 5.69 Å². The van der Waals surface area contributed by atoms with Crippen molar-refractivity contribution in [3.05, 3.63) is 94.0 Å². The number of aromatic nitrogens is 1. The van der Waals surface area contributed by atoms with Crippen LogP contribution in [-0.4, -0.2) is 10.9 Å². The minimum atomic E-state index is -0.278.